The third-order valence-corrected chi connectivity index (χ3v) is 2.69. The molecule has 0 bridgehead atoms. The molecule has 0 aromatic carbocycles. The number of anilines is 1. The van der Waals surface area contributed by atoms with Crippen LogP contribution in [-0.4, -0.2) is 39.6 Å². The molecule has 0 atom stereocenters. The summed E-state index contributed by atoms with van der Waals surface area (Å²) >= 11 is 0. The molecule has 0 spiro atoms. The molecule has 23 heavy (non-hydrogen) atoms. The van der Waals surface area contributed by atoms with Gasteiger partial charge in [-0.2, -0.15) is 13.9 Å². The molecule has 0 aliphatic carbocycles. The van der Waals surface area contributed by atoms with Crippen LogP contribution in [0.15, 0.2) is 30.7 Å². The van der Waals surface area contributed by atoms with Crippen molar-refractivity contribution in [1.29, 1.82) is 0 Å². The Morgan fingerprint density at radius 1 is 1.39 bits per heavy atom. The van der Waals surface area contributed by atoms with Crippen molar-refractivity contribution in [2.75, 3.05) is 11.9 Å². The summed E-state index contributed by atoms with van der Waals surface area (Å²) in [6.07, 6.45) is 0.212. The number of rotatable bonds is 6. The van der Waals surface area contributed by atoms with E-state index in [4.69, 9.17) is 0 Å². The number of aromatic nitrogens is 3. The van der Waals surface area contributed by atoms with E-state index in [-0.39, 0.29) is 11.6 Å². The van der Waals surface area contributed by atoms with Crippen LogP contribution < -0.4 is 10.1 Å². The fourth-order valence-corrected chi connectivity index (χ4v) is 1.51. The zero-order chi connectivity index (χ0) is 17.0. The zero-order valence-corrected chi connectivity index (χ0v) is 11.8. The molecule has 0 aliphatic heterocycles. The average molecular weight is 332 g/mol. The van der Waals surface area contributed by atoms with Gasteiger partial charge in [0.1, 0.15) is 0 Å². The Hall–Kier alpha value is -2.65. The quantitative estimate of drug-likeness (QED) is 0.825. The van der Waals surface area contributed by atoms with Gasteiger partial charge in [0.05, 0.1) is 23.6 Å². The molecule has 0 fully saturated rings. The minimum Gasteiger partial charge on any atom is -0.471 e. The summed E-state index contributed by atoms with van der Waals surface area (Å²) in [4.78, 5) is 15.5. The average Bonchev–Trinajstić information content (AvgIpc) is 2.93. The topological polar surface area (TPSA) is 69.0 Å². The second kappa shape index (κ2) is 6.63. The highest BCUT2D eigenvalue weighted by atomic mass is 19.3. The smallest absolute Gasteiger partial charge is 0.340 e. The molecule has 2 heterocycles. The van der Waals surface area contributed by atoms with Crippen LogP contribution in [0.1, 0.15) is 10.4 Å². The van der Waals surface area contributed by atoms with Crippen LogP contribution in [0.25, 0.3) is 0 Å². The van der Waals surface area contributed by atoms with Crippen molar-refractivity contribution in [1.82, 2.24) is 14.8 Å². The Balaban J connectivity index is 1.93. The Kier molecular flexibility index (Phi) is 4.82. The monoisotopic (exact) mass is 332 g/mol. The number of nitrogens with zero attached hydrogens (tertiary/aromatic N) is 3. The van der Waals surface area contributed by atoms with Gasteiger partial charge in [0.25, 0.3) is 5.91 Å². The lowest BCUT2D eigenvalue weighted by molar-refractivity contribution is -0.148. The number of carbonyl (C=O) groups is 1. The maximum atomic E-state index is 12.7. The van der Waals surface area contributed by atoms with E-state index in [2.05, 4.69) is 20.1 Å². The van der Waals surface area contributed by atoms with Gasteiger partial charge in [0.15, 0.2) is 6.61 Å². The van der Waals surface area contributed by atoms with E-state index in [0.29, 0.717) is 5.56 Å². The van der Waals surface area contributed by atoms with E-state index in [1.165, 1.54) is 29.2 Å². The van der Waals surface area contributed by atoms with Gasteiger partial charge in [-0.15, -0.1) is 0 Å². The van der Waals surface area contributed by atoms with Crippen LogP contribution in [0.3, 0.4) is 0 Å². The fraction of sp³-hybridized carbons (Fsp3) is 0.308. The number of carbonyl (C=O) groups excluding carboxylic acids is 1. The number of alkyl halides is 4. The first-order valence-electron chi connectivity index (χ1n) is 6.33. The number of ether oxygens (including phenoxy) is 1. The Bertz CT molecular complexity index is 673. The number of nitrogens with one attached hydrogen (secondary N) is 1. The third kappa shape index (κ3) is 4.41. The summed E-state index contributed by atoms with van der Waals surface area (Å²) in [6, 6.07) is 2.53. The van der Waals surface area contributed by atoms with Gasteiger partial charge in [0, 0.05) is 19.3 Å². The molecule has 124 valence electrons. The molecule has 0 saturated heterocycles. The van der Waals surface area contributed by atoms with Crippen LogP contribution in [0.2, 0.25) is 0 Å². The molecule has 2 aromatic rings. The van der Waals surface area contributed by atoms with E-state index in [0.717, 1.165) is 6.20 Å². The van der Waals surface area contributed by atoms with Gasteiger partial charge in [0.2, 0.25) is 5.88 Å². The lowest BCUT2D eigenvalue weighted by Gasteiger charge is -2.15. The van der Waals surface area contributed by atoms with Crippen molar-refractivity contribution in [3.05, 3.63) is 36.3 Å². The lowest BCUT2D eigenvalue weighted by Crippen LogP contribution is -2.33. The largest absolute Gasteiger partial charge is 0.471 e. The van der Waals surface area contributed by atoms with Crippen molar-refractivity contribution < 1.29 is 27.1 Å². The van der Waals surface area contributed by atoms with Gasteiger partial charge in [-0.05, 0) is 6.07 Å². The molecule has 10 heteroatoms. The molecule has 6 nitrogen and oxygen atoms in total. The number of hydrogen-bond donors (Lipinski definition) is 1. The molecule has 0 aliphatic rings. The minimum absolute atomic E-state index is 0.260. The van der Waals surface area contributed by atoms with Crippen molar-refractivity contribution in [3.63, 3.8) is 0 Å². The fourth-order valence-electron chi connectivity index (χ4n) is 1.51. The number of pyridine rings is 1. The standard InChI is InChI=1S/C13H12F4N4O2/c1-21-6-8(4-19-21)11(22)20-9-2-3-10(18-5-9)23-7-13(16,17)12(14)15/h2-6,12H,7H2,1H3,(H,20,22). The second-order valence-corrected chi connectivity index (χ2v) is 4.59. The summed E-state index contributed by atoms with van der Waals surface area (Å²) in [5.41, 5.74) is 0.608. The molecule has 0 saturated carbocycles. The lowest BCUT2D eigenvalue weighted by atomic mass is 10.3. The van der Waals surface area contributed by atoms with Gasteiger partial charge >= 0.3 is 12.3 Å². The van der Waals surface area contributed by atoms with Crippen LogP contribution in [0.5, 0.6) is 5.88 Å². The van der Waals surface area contributed by atoms with Gasteiger partial charge in [-0.25, -0.2) is 13.8 Å². The van der Waals surface area contributed by atoms with Crippen molar-refractivity contribution in [2.45, 2.75) is 12.3 Å². The van der Waals surface area contributed by atoms with Crippen LogP contribution in [-0.2, 0) is 7.05 Å². The van der Waals surface area contributed by atoms with Gasteiger partial charge < -0.3 is 10.1 Å². The predicted molar refractivity (Wildman–Crippen MR) is 71.8 cm³/mol. The molecule has 1 N–H and O–H groups in total. The minimum atomic E-state index is -4.26. The summed E-state index contributed by atoms with van der Waals surface area (Å²) in [7, 11) is 1.65. The maximum absolute atomic E-state index is 12.7. The molecule has 0 unspecified atom stereocenters. The van der Waals surface area contributed by atoms with Gasteiger partial charge in [-0.3, -0.25) is 9.48 Å². The molecule has 2 rings (SSSR count). The van der Waals surface area contributed by atoms with E-state index in [1.54, 1.807) is 7.05 Å². The van der Waals surface area contributed by atoms with Crippen molar-refractivity contribution >= 4 is 11.6 Å². The zero-order valence-electron chi connectivity index (χ0n) is 11.8. The molecule has 2 aromatic heterocycles. The van der Waals surface area contributed by atoms with E-state index >= 15 is 0 Å². The van der Waals surface area contributed by atoms with Crippen LogP contribution in [0, 0.1) is 0 Å². The third-order valence-electron chi connectivity index (χ3n) is 2.69. The highest BCUT2D eigenvalue weighted by Crippen LogP contribution is 2.24. The van der Waals surface area contributed by atoms with Crippen molar-refractivity contribution in [2.24, 2.45) is 7.05 Å². The van der Waals surface area contributed by atoms with E-state index in [1.807, 2.05) is 0 Å². The summed E-state index contributed by atoms with van der Waals surface area (Å²) in [6.45, 7) is -1.49. The molecular formula is C13H12F4N4O2. The Morgan fingerprint density at radius 3 is 2.65 bits per heavy atom. The van der Waals surface area contributed by atoms with Crippen LogP contribution >= 0.6 is 0 Å². The second-order valence-electron chi connectivity index (χ2n) is 4.59. The number of amides is 1. The van der Waals surface area contributed by atoms with E-state index in [9.17, 15) is 22.4 Å². The summed E-state index contributed by atoms with van der Waals surface area (Å²) < 4.78 is 55.3. The SMILES string of the molecule is Cn1cc(C(=O)Nc2ccc(OCC(F)(F)C(F)F)nc2)cn1. The first kappa shape index (κ1) is 16.7. The first-order valence-corrected chi connectivity index (χ1v) is 6.33. The number of aryl methyl sites for hydroxylation is 1. The van der Waals surface area contributed by atoms with E-state index < -0.39 is 24.9 Å². The normalized spacial score (nSPS) is 11.6. The highest BCUT2D eigenvalue weighted by molar-refractivity contribution is 6.03. The maximum Gasteiger partial charge on any atom is 0.340 e. The molecular weight excluding hydrogens is 320 g/mol. The Labute approximate surface area is 128 Å². The van der Waals surface area contributed by atoms with Gasteiger partial charge in [-0.1, -0.05) is 0 Å². The number of hydrogen-bond acceptors (Lipinski definition) is 4. The number of halogens is 4. The summed E-state index contributed by atoms with van der Waals surface area (Å²) in [5, 5.41) is 6.35. The molecule has 0 radical (unpaired) electrons. The molecule has 1 amide bonds. The van der Waals surface area contributed by atoms with Crippen molar-refractivity contribution in [3.8, 4) is 5.88 Å². The Morgan fingerprint density at radius 2 is 2.13 bits per heavy atom. The highest BCUT2D eigenvalue weighted by Gasteiger charge is 2.41. The van der Waals surface area contributed by atoms with Crippen LogP contribution in [0.4, 0.5) is 23.2 Å². The first-order chi connectivity index (χ1) is 10.8. The predicted octanol–water partition coefficient (Wildman–Crippen LogP) is 2.35. The summed E-state index contributed by atoms with van der Waals surface area (Å²) in [5.74, 6) is -4.95.